The normalized spacial score (nSPS) is 11.6. The van der Waals surface area contributed by atoms with Crippen LogP contribution < -0.4 is 5.73 Å². The molecule has 0 saturated heterocycles. The zero-order valence-corrected chi connectivity index (χ0v) is 12.7. The van der Waals surface area contributed by atoms with E-state index in [1.54, 1.807) is 17.8 Å². The lowest BCUT2D eigenvalue weighted by molar-refractivity contribution is -0.137. The van der Waals surface area contributed by atoms with Gasteiger partial charge in [0, 0.05) is 27.0 Å². The van der Waals surface area contributed by atoms with Gasteiger partial charge in [0.25, 0.3) is 0 Å². The highest BCUT2D eigenvalue weighted by molar-refractivity contribution is 8.03. The maximum Gasteiger partial charge on any atom is 0.416 e. The van der Waals surface area contributed by atoms with Crippen LogP contribution in [0.2, 0.25) is 0 Å². The summed E-state index contributed by atoms with van der Waals surface area (Å²) in [5.74, 6) is 1.57. The molecule has 112 valence electrons. The van der Waals surface area contributed by atoms with Crippen LogP contribution in [0.5, 0.6) is 0 Å². The van der Waals surface area contributed by atoms with E-state index in [4.69, 9.17) is 5.73 Å². The Labute approximate surface area is 130 Å². The highest BCUT2D eigenvalue weighted by atomic mass is 32.2. The van der Waals surface area contributed by atoms with Gasteiger partial charge in [-0.2, -0.15) is 13.2 Å². The van der Waals surface area contributed by atoms with Gasteiger partial charge in [-0.3, -0.25) is 0 Å². The molecular weight excluding hydrogens is 315 g/mol. The SMILES string of the molecule is Nc1ccc(SCCSc2cccc(C(F)(F)F)c2)cc1. The number of hydrogen-bond donors (Lipinski definition) is 1. The first-order valence-corrected chi connectivity index (χ1v) is 8.21. The standard InChI is InChI=1S/C15H14F3NS2/c16-15(17,18)11-2-1-3-14(10-11)21-9-8-20-13-6-4-12(19)5-7-13/h1-7,10H,8-9,19H2. The van der Waals surface area contributed by atoms with E-state index in [1.807, 2.05) is 24.3 Å². The summed E-state index contributed by atoms with van der Waals surface area (Å²) in [5, 5.41) is 0. The fourth-order valence-electron chi connectivity index (χ4n) is 1.65. The summed E-state index contributed by atoms with van der Waals surface area (Å²) in [6.07, 6.45) is -4.28. The summed E-state index contributed by atoms with van der Waals surface area (Å²) < 4.78 is 37.8. The van der Waals surface area contributed by atoms with Crippen molar-refractivity contribution in [3.63, 3.8) is 0 Å². The molecule has 2 aromatic rings. The van der Waals surface area contributed by atoms with E-state index < -0.39 is 11.7 Å². The average Bonchev–Trinajstić information content (AvgIpc) is 2.45. The predicted octanol–water partition coefficient (Wildman–Crippen LogP) is 5.17. The molecule has 21 heavy (non-hydrogen) atoms. The molecule has 0 fully saturated rings. The topological polar surface area (TPSA) is 26.0 Å². The van der Waals surface area contributed by atoms with Gasteiger partial charge in [-0.05, 0) is 42.5 Å². The van der Waals surface area contributed by atoms with Crippen molar-refractivity contribution in [2.45, 2.75) is 16.0 Å². The van der Waals surface area contributed by atoms with Crippen molar-refractivity contribution in [3.8, 4) is 0 Å². The van der Waals surface area contributed by atoms with Gasteiger partial charge >= 0.3 is 6.18 Å². The number of halogens is 3. The largest absolute Gasteiger partial charge is 0.416 e. The summed E-state index contributed by atoms with van der Waals surface area (Å²) in [7, 11) is 0. The van der Waals surface area contributed by atoms with Gasteiger partial charge in [-0.15, -0.1) is 23.5 Å². The zero-order chi connectivity index (χ0) is 15.3. The van der Waals surface area contributed by atoms with Crippen molar-refractivity contribution in [1.82, 2.24) is 0 Å². The third-order valence-electron chi connectivity index (χ3n) is 2.66. The minimum Gasteiger partial charge on any atom is -0.399 e. The Bertz CT molecular complexity index is 582. The quantitative estimate of drug-likeness (QED) is 0.465. The molecule has 0 radical (unpaired) electrons. The Morgan fingerprint density at radius 2 is 1.48 bits per heavy atom. The fraction of sp³-hybridized carbons (Fsp3) is 0.200. The van der Waals surface area contributed by atoms with E-state index in [-0.39, 0.29) is 0 Å². The molecule has 0 aliphatic carbocycles. The highest BCUT2D eigenvalue weighted by Gasteiger charge is 2.30. The van der Waals surface area contributed by atoms with E-state index in [1.165, 1.54) is 23.9 Å². The molecule has 0 aromatic heterocycles. The minimum atomic E-state index is -4.28. The molecular formula is C15H14F3NS2. The smallest absolute Gasteiger partial charge is 0.399 e. The van der Waals surface area contributed by atoms with Gasteiger partial charge in [-0.1, -0.05) is 6.07 Å². The van der Waals surface area contributed by atoms with Crippen LogP contribution in [0.25, 0.3) is 0 Å². The van der Waals surface area contributed by atoms with Gasteiger partial charge in [0.15, 0.2) is 0 Å². The number of hydrogen-bond acceptors (Lipinski definition) is 3. The van der Waals surface area contributed by atoms with Crippen molar-refractivity contribution in [2.24, 2.45) is 0 Å². The number of anilines is 1. The molecule has 0 unspecified atom stereocenters. The van der Waals surface area contributed by atoms with Gasteiger partial charge < -0.3 is 5.73 Å². The van der Waals surface area contributed by atoms with Gasteiger partial charge in [0.1, 0.15) is 0 Å². The first-order chi connectivity index (χ1) is 9.95. The second kappa shape index (κ2) is 7.13. The number of benzene rings is 2. The molecule has 2 N–H and O–H groups in total. The van der Waals surface area contributed by atoms with Crippen LogP contribution in [0.15, 0.2) is 58.3 Å². The second-order valence-electron chi connectivity index (χ2n) is 4.29. The lowest BCUT2D eigenvalue weighted by Crippen LogP contribution is -2.04. The van der Waals surface area contributed by atoms with E-state index in [2.05, 4.69) is 0 Å². The Morgan fingerprint density at radius 1 is 0.857 bits per heavy atom. The number of nitrogens with two attached hydrogens (primary N) is 1. The van der Waals surface area contributed by atoms with Gasteiger partial charge in [0.05, 0.1) is 5.56 Å². The van der Waals surface area contributed by atoms with Crippen LogP contribution in [0.1, 0.15) is 5.56 Å². The molecule has 0 saturated carbocycles. The average molecular weight is 329 g/mol. The van der Waals surface area contributed by atoms with Crippen molar-refractivity contribution in [3.05, 3.63) is 54.1 Å². The summed E-state index contributed by atoms with van der Waals surface area (Å²) in [6.45, 7) is 0. The molecule has 0 bridgehead atoms. The molecule has 2 aromatic carbocycles. The summed E-state index contributed by atoms with van der Waals surface area (Å²) >= 11 is 3.09. The van der Waals surface area contributed by atoms with Gasteiger partial charge in [-0.25, -0.2) is 0 Å². The zero-order valence-electron chi connectivity index (χ0n) is 11.1. The van der Waals surface area contributed by atoms with E-state index in [9.17, 15) is 13.2 Å². The van der Waals surface area contributed by atoms with Crippen molar-refractivity contribution in [1.29, 1.82) is 0 Å². The maximum atomic E-state index is 12.6. The van der Waals surface area contributed by atoms with Crippen LogP contribution in [0, 0.1) is 0 Å². The van der Waals surface area contributed by atoms with Gasteiger partial charge in [0.2, 0.25) is 0 Å². The molecule has 0 spiro atoms. The summed E-state index contributed by atoms with van der Waals surface area (Å²) in [5.41, 5.74) is 5.72. The molecule has 0 amide bonds. The molecule has 0 heterocycles. The summed E-state index contributed by atoms with van der Waals surface area (Å²) in [6, 6.07) is 13.0. The van der Waals surface area contributed by atoms with Crippen LogP contribution in [0.4, 0.5) is 18.9 Å². The van der Waals surface area contributed by atoms with E-state index >= 15 is 0 Å². The molecule has 2 rings (SSSR count). The molecule has 0 aliphatic heterocycles. The maximum absolute atomic E-state index is 12.6. The van der Waals surface area contributed by atoms with E-state index in [0.29, 0.717) is 4.90 Å². The Morgan fingerprint density at radius 3 is 2.10 bits per heavy atom. The molecule has 0 aliphatic rings. The summed E-state index contributed by atoms with van der Waals surface area (Å²) in [4.78, 5) is 1.75. The first-order valence-electron chi connectivity index (χ1n) is 6.23. The van der Waals surface area contributed by atoms with Crippen molar-refractivity contribution >= 4 is 29.2 Å². The first kappa shape index (κ1) is 16.1. The van der Waals surface area contributed by atoms with Crippen LogP contribution >= 0.6 is 23.5 Å². The van der Waals surface area contributed by atoms with Crippen LogP contribution in [0.3, 0.4) is 0 Å². The van der Waals surface area contributed by atoms with E-state index in [0.717, 1.165) is 28.2 Å². The Kier molecular flexibility index (Phi) is 5.47. The van der Waals surface area contributed by atoms with Crippen LogP contribution in [-0.4, -0.2) is 11.5 Å². The highest BCUT2D eigenvalue weighted by Crippen LogP contribution is 2.32. The number of nitrogen functional groups attached to an aromatic ring is 1. The third-order valence-corrected chi connectivity index (χ3v) is 4.93. The third kappa shape index (κ3) is 5.21. The number of thioether (sulfide) groups is 2. The number of alkyl halides is 3. The molecule has 6 heteroatoms. The predicted molar refractivity (Wildman–Crippen MR) is 83.7 cm³/mol. The molecule has 0 atom stereocenters. The number of rotatable bonds is 5. The lowest BCUT2D eigenvalue weighted by Gasteiger charge is -2.08. The lowest BCUT2D eigenvalue weighted by atomic mass is 10.2. The second-order valence-corrected chi connectivity index (χ2v) is 6.63. The molecule has 1 nitrogen and oxygen atoms in total. The minimum absolute atomic E-state index is 0.598. The Hall–Kier alpha value is -1.27. The van der Waals surface area contributed by atoms with Crippen molar-refractivity contribution in [2.75, 3.05) is 17.2 Å². The fourth-order valence-corrected chi connectivity index (χ4v) is 3.50. The Balaban J connectivity index is 1.82. The van der Waals surface area contributed by atoms with Crippen LogP contribution in [-0.2, 0) is 6.18 Å². The van der Waals surface area contributed by atoms with Crippen molar-refractivity contribution < 1.29 is 13.2 Å². The monoisotopic (exact) mass is 329 g/mol.